The largest absolute Gasteiger partial charge is 0.496 e. The molecule has 0 radical (unpaired) electrons. The fourth-order valence-corrected chi connectivity index (χ4v) is 4.07. The molecule has 0 fully saturated rings. The molecular formula is C28H31NO8. The van der Waals surface area contributed by atoms with Gasteiger partial charge < -0.3 is 24.6 Å². The molecule has 0 saturated heterocycles. The van der Waals surface area contributed by atoms with Crippen molar-refractivity contribution < 1.29 is 38.5 Å². The maximum absolute atomic E-state index is 12.8. The van der Waals surface area contributed by atoms with Crippen LogP contribution in [0.25, 0.3) is 0 Å². The number of aliphatic carboxylic acids is 1. The van der Waals surface area contributed by atoms with Crippen molar-refractivity contribution >= 4 is 23.8 Å². The molecule has 1 amide bonds. The number of nitrogens with one attached hydrogen (secondary N) is 1. The monoisotopic (exact) mass is 509 g/mol. The number of benzene rings is 2. The molecule has 0 atom stereocenters. The fraction of sp³-hybridized carbons (Fsp3) is 0.357. The minimum absolute atomic E-state index is 0.0107. The standard InChI is InChI=1S/C28H31NO8/c1-17(10-13-23(31)32)9-11-20-26(35-3)18(2)21-16-36-28(34)25(21)27(20)37-24(33)14-12-22(30)29-15-19-7-5-4-6-8-19/h4-9H,10-16H2,1-3H3,(H,29,30)(H,31,32)/b17-9+. The summed E-state index contributed by atoms with van der Waals surface area (Å²) in [7, 11) is 1.49. The molecule has 0 spiro atoms. The van der Waals surface area contributed by atoms with Gasteiger partial charge in [0.15, 0.2) is 5.75 Å². The van der Waals surface area contributed by atoms with Crippen molar-refractivity contribution in [1.82, 2.24) is 5.32 Å². The van der Waals surface area contributed by atoms with Crippen LogP contribution in [0.4, 0.5) is 0 Å². The zero-order valence-electron chi connectivity index (χ0n) is 21.2. The number of rotatable bonds is 12. The Kier molecular flexibility index (Phi) is 9.43. The van der Waals surface area contributed by atoms with E-state index in [0.29, 0.717) is 35.4 Å². The molecule has 2 aromatic carbocycles. The number of amides is 1. The highest BCUT2D eigenvalue weighted by Gasteiger charge is 2.34. The molecule has 9 heteroatoms. The van der Waals surface area contributed by atoms with E-state index in [1.54, 1.807) is 6.92 Å². The second kappa shape index (κ2) is 12.7. The Hall–Kier alpha value is -4.14. The van der Waals surface area contributed by atoms with E-state index in [0.717, 1.165) is 11.1 Å². The number of carboxylic acid groups (broad SMARTS) is 1. The number of fused-ring (bicyclic) bond motifs is 1. The number of carbonyl (C=O) groups is 4. The maximum Gasteiger partial charge on any atom is 0.342 e. The van der Waals surface area contributed by atoms with Crippen LogP contribution in [-0.4, -0.2) is 36.0 Å². The van der Waals surface area contributed by atoms with Crippen LogP contribution in [-0.2, 0) is 38.7 Å². The highest BCUT2D eigenvalue weighted by molar-refractivity contribution is 5.99. The second-order valence-electron chi connectivity index (χ2n) is 8.78. The lowest BCUT2D eigenvalue weighted by atomic mass is 9.94. The van der Waals surface area contributed by atoms with Crippen LogP contribution < -0.4 is 14.8 Å². The van der Waals surface area contributed by atoms with Crippen molar-refractivity contribution in [2.75, 3.05) is 7.11 Å². The predicted octanol–water partition coefficient (Wildman–Crippen LogP) is 4.03. The van der Waals surface area contributed by atoms with Gasteiger partial charge in [0.25, 0.3) is 0 Å². The smallest absolute Gasteiger partial charge is 0.342 e. The third-order valence-electron chi connectivity index (χ3n) is 6.12. The van der Waals surface area contributed by atoms with Gasteiger partial charge in [-0.1, -0.05) is 42.0 Å². The summed E-state index contributed by atoms with van der Waals surface area (Å²) in [5.74, 6) is -1.96. The van der Waals surface area contributed by atoms with Gasteiger partial charge >= 0.3 is 17.9 Å². The van der Waals surface area contributed by atoms with Crippen molar-refractivity contribution in [2.45, 2.75) is 59.1 Å². The predicted molar refractivity (Wildman–Crippen MR) is 134 cm³/mol. The Labute approximate surface area is 215 Å². The molecule has 1 aliphatic rings. The van der Waals surface area contributed by atoms with Gasteiger partial charge in [0.05, 0.1) is 13.5 Å². The zero-order chi connectivity index (χ0) is 26.9. The summed E-state index contributed by atoms with van der Waals surface area (Å²) in [5.41, 5.74) is 3.71. The first-order chi connectivity index (χ1) is 17.7. The highest BCUT2D eigenvalue weighted by atomic mass is 16.6. The van der Waals surface area contributed by atoms with Gasteiger partial charge in [0.2, 0.25) is 5.91 Å². The van der Waals surface area contributed by atoms with Gasteiger partial charge in [-0.2, -0.15) is 0 Å². The maximum atomic E-state index is 12.8. The zero-order valence-corrected chi connectivity index (χ0v) is 21.2. The van der Waals surface area contributed by atoms with Crippen molar-refractivity contribution in [3.8, 4) is 11.5 Å². The molecule has 196 valence electrons. The van der Waals surface area contributed by atoms with Gasteiger partial charge in [0.1, 0.15) is 17.9 Å². The number of allylic oxidation sites excluding steroid dienone is 2. The first-order valence-corrected chi connectivity index (χ1v) is 12.0. The molecule has 0 aromatic heterocycles. The summed E-state index contributed by atoms with van der Waals surface area (Å²) < 4.78 is 16.5. The minimum Gasteiger partial charge on any atom is -0.496 e. The van der Waals surface area contributed by atoms with Gasteiger partial charge in [-0.05, 0) is 37.8 Å². The summed E-state index contributed by atoms with van der Waals surface area (Å²) in [5, 5.41) is 11.7. The topological polar surface area (TPSA) is 128 Å². The number of esters is 2. The van der Waals surface area contributed by atoms with E-state index < -0.39 is 17.9 Å². The van der Waals surface area contributed by atoms with Gasteiger partial charge in [-0.25, -0.2) is 4.79 Å². The summed E-state index contributed by atoms with van der Waals surface area (Å²) in [6.07, 6.45) is 2.15. The first kappa shape index (κ1) is 27.4. The van der Waals surface area contributed by atoms with Crippen LogP contribution in [0.2, 0.25) is 0 Å². The Bertz CT molecular complexity index is 1220. The number of carbonyl (C=O) groups excluding carboxylic acids is 3. The number of methoxy groups -OCH3 is 1. The summed E-state index contributed by atoms with van der Waals surface area (Å²) in [6, 6.07) is 9.41. The van der Waals surface area contributed by atoms with E-state index in [2.05, 4.69) is 5.32 Å². The molecule has 2 N–H and O–H groups in total. The molecule has 9 nitrogen and oxygen atoms in total. The highest BCUT2D eigenvalue weighted by Crippen LogP contribution is 2.43. The number of hydrogen-bond acceptors (Lipinski definition) is 7. The van der Waals surface area contributed by atoms with E-state index in [4.69, 9.17) is 19.3 Å². The van der Waals surface area contributed by atoms with Crippen molar-refractivity contribution in [1.29, 1.82) is 0 Å². The lowest BCUT2D eigenvalue weighted by Gasteiger charge is -2.19. The Morgan fingerprint density at radius 3 is 2.49 bits per heavy atom. The van der Waals surface area contributed by atoms with Crippen LogP contribution >= 0.6 is 0 Å². The van der Waals surface area contributed by atoms with Crippen LogP contribution in [0.3, 0.4) is 0 Å². The van der Waals surface area contributed by atoms with E-state index in [1.807, 2.05) is 43.3 Å². The van der Waals surface area contributed by atoms with Gasteiger partial charge in [-0.3, -0.25) is 14.4 Å². The van der Waals surface area contributed by atoms with Gasteiger partial charge in [-0.15, -0.1) is 0 Å². The lowest BCUT2D eigenvalue weighted by Crippen LogP contribution is -2.24. The lowest BCUT2D eigenvalue weighted by molar-refractivity contribution is -0.137. The quantitative estimate of drug-likeness (QED) is 0.249. The van der Waals surface area contributed by atoms with E-state index in [9.17, 15) is 19.2 Å². The summed E-state index contributed by atoms with van der Waals surface area (Å²) in [6.45, 7) is 3.99. The van der Waals surface area contributed by atoms with Crippen LogP contribution in [0, 0.1) is 6.92 Å². The molecule has 37 heavy (non-hydrogen) atoms. The second-order valence-corrected chi connectivity index (χ2v) is 8.78. The average Bonchev–Trinajstić information content (AvgIpc) is 3.27. The first-order valence-electron chi connectivity index (χ1n) is 12.0. The molecule has 1 heterocycles. The molecule has 0 unspecified atom stereocenters. The van der Waals surface area contributed by atoms with Crippen molar-refractivity contribution in [3.63, 3.8) is 0 Å². The third kappa shape index (κ3) is 7.19. The normalized spacial score (nSPS) is 12.5. The molecule has 1 aliphatic heterocycles. The van der Waals surface area contributed by atoms with Crippen molar-refractivity contribution in [2.24, 2.45) is 0 Å². The SMILES string of the molecule is COc1c(C)c2c(c(OC(=O)CCC(=O)NCc3ccccc3)c1C/C=C(\C)CCC(=O)O)C(=O)OC2. The minimum atomic E-state index is -0.899. The van der Waals surface area contributed by atoms with E-state index in [1.165, 1.54) is 7.11 Å². The van der Waals surface area contributed by atoms with Crippen LogP contribution in [0.1, 0.15) is 65.2 Å². The van der Waals surface area contributed by atoms with Gasteiger partial charge in [0, 0.05) is 30.5 Å². The van der Waals surface area contributed by atoms with Crippen LogP contribution in [0.15, 0.2) is 42.0 Å². The van der Waals surface area contributed by atoms with E-state index in [-0.39, 0.29) is 49.5 Å². The third-order valence-corrected chi connectivity index (χ3v) is 6.12. The molecular weight excluding hydrogens is 478 g/mol. The Balaban J connectivity index is 1.78. The molecule has 3 rings (SSSR count). The average molecular weight is 510 g/mol. The Morgan fingerprint density at radius 2 is 1.81 bits per heavy atom. The Morgan fingerprint density at radius 1 is 1.08 bits per heavy atom. The summed E-state index contributed by atoms with van der Waals surface area (Å²) >= 11 is 0. The molecule has 0 saturated carbocycles. The number of hydrogen-bond donors (Lipinski definition) is 2. The molecule has 2 aromatic rings. The molecule has 0 aliphatic carbocycles. The van der Waals surface area contributed by atoms with E-state index >= 15 is 0 Å². The van der Waals surface area contributed by atoms with Crippen molar-refractivity contribution in [3.05, 3.63) is 69.8 Å². The number of carboxylic acids is 1. The summed E-state index contributed by atoms with van der Waals surface area (Å²) in [4.78, 5) is 48.5. The number of cyclic esters (lactones) is 1. The molecule has 0 bridgehead atoms. The number of ether oxygens (including phenoxy) is 3. The fourth-order valence-electron chi connectivity index (χ4n) is 4.07. The van der Waals surface area contributed by atoms with Crippen LogP contribution in [0.5, 0.6) is 11.5 Å².